The molecule has 0 spiro atoms. The van der Waals surface area contributed by atoms with Crippen molar-refractivity contribution in [2.24, 2.45) is 12.5 Å². The summed E-state index contributed by atoms with van der Waals surface area (Å²) in [5.41, 5.74) is -0.706. The summed E-state index contributed by atoms with van der Waals surface area (Å²) in [6.45, 7) is 3.12. The molecular weight excluding hydrogens is 314 g/mol. The zero-order chi connectivity index (χ0) is 17.8. The fourth-order valence-corrected chi connectivity index (χ4v) is 3.28. The second-order valence-corrected chi connectivity index (χ2v) is 6.92. The van der Waals surface area contributed by atoms with Gasteiger partial charge in [-0.2, -0.15) is 0 Å². The summed E-state index contributed by atoms with van der Waals surface area (Å²) in [5.74, 6) is -1.39. The van der Waals surface area contributed by atoms with Crippen LogP contribution in [0.4, 0.5) is 0 Å². The average molecular weight is 331 g/mol. The number of nitrogens with zero attached hydrogens (tertiary/aromatic N) is 3. The van der Waals surface area contributed by atoms with Crippen LogP contribution in [-0.2, 0) is 24.8 Å². The van der Waals surface area contributed by atoms with E-state index >= 15 is 0 Å². The predicted octanol–water partition coefficient (Wildman–Crippen LogP) is 0.335. The maximum Gasteiger partial charge on any atom is 0.332 e. The smallest absolute Gasteiger partial charge is 0.332 e. The van der Waals surface area contributed by atoms with E-state index in [2.05, 4.69) is 4.98 Å². The van der Waals surface area contributed by atoms with Gasteiger partial charge in [-0.1, -0.05) is 13.8 Å². The first-order valence-corrected chi connectivity index (χ1v) is 7.49. The SMILES string of the molecule is Cn1c(=O)n(CC(=O)O)c(=O)c2c3c(cnc21)C(=O)CC(C)(C)C3. The van der Waals surface area contributed by atoms with Gasteiger partial charge in [-0.25, -0.2) is 14.3 Å². The molecule has 0 unspecified atom stereocenters. The first-order chi connectivity index (χ1) is 11.1. The van der Waals surface area contributed by atoms with E-state index < -0.39 is 23.8 Å². The predicted molar refractivity (Wildman–Crippen MR) is 85.3 cm³/mol. The number of pyridine rings is 1. The van der Waals surface area contributed by atoms with Crippen molar-refractivity contribution < 1.29 is 14.7 Å². The molecule has 3 rings (SSSR count). The zero-order valence-electron chi connectivity index (χ0n) is 13.6. The van der Waals surface area contributed by atoms with Crippen LogP contribution < -0.4 is 11.2 Å². The molecule has 24 heavy (non-hydrogen) atoms. The Bertz CT molecular complexity index is 1010. The van der Waals surface area contributed by atoms with Gasteiger partial charge in [0.25, 0.3) is 5.56 Å². The van der Waals surface area contributed by atoms with Crippen LogP contribution in [0.15, 0.2) is 15.8 Å². The molecule has 0 radical (unpaired) electrons. The standard InChI is InChI=1S/C16H17N3O5/c1-16(2)4-8-9(10(20)5-16)6-17-13-12(8)14(23)19(7-11(21)22)15(24)18(13)3/h6H,4-5,7H2,1-3H3,(H,21,22). The molecule has 0 amide bonds. The Hall–Kier alpha value is -2.77. The van der Waals surface area contributed by atoms with Crippen LogP contribution in [0.25, 0.3) is 11.0 Å². The number of carbonyl (C=O) groups excluding carboxylic acids is 1. The minimum absolute atomic E-state index is 0.103. The molecule has 1 aliphatic carbocycles. The number of Topliss-reactive ketones (excluding diaryl/α,β-unsaturated/α-hetero) is 1. The summed E-state index contributed by atoms with van der Waals surface area (Å²) in [5, 5.41) is 9.11. The molecule has 8 heteroatoms. The average Bonchev–Trinajstić information content (AvgIpc) is 2.47. The van der Waals surface area contributed by atoms with E-state index in [1.54, 1.807) is 0 Å². The molecule has 0 aliphatic heterocycles. The van der Waals surface area contributed by atoms with Gasteiger partial charge in [-0.3, -0.25) is 19.0 Å². The maximum atomic E-state index is 12.8. The number of aryl methyl sites for hydroxylation is 1. The molecule has 1 aliphatic rings. The van der Waals surface area contributed by atoms with Crippen molar-refractivity contribution in [2.45, 2.75) is 33.2 Å². The Labute approximate surface area is 136 Å². The quantitative estimate of drug-likeness (QED) is 0.849. The van der Waals surface area contributed by atoms with E-state index in [-0.39, 0.29) is 22.2 Å². The van der Waals surface area contributed by atoms with Gasteiger partial charge in [-0.05, 0) is 17.4 Å². The zero-order valence-corrected chi connectivity index (χ0v) is 13.6. The van der Waals surface area contributed by atoms with E-state index in [1.807, 2.05) is 13.8 Å². The first kappa shape index (κ1) is 16.1. The van der Waals surface area contributed by atoms with Crippen molar-refractivity contribution in [3.05, 3.63) is 38.2 Å². The van der Waals surface area contributed by atoms with Gasteiger partial charge >= 0.3 is 11.7 Å². The third-order valence-electron chi connectivity index (χ3n) is 4.35. The molecule has 0 saturated heterocycles. The largest absolute Gasteiger partial charge is 0.480 e. The van der Waals surface area contributed by atoms with Crippen LogP contribution in [0.3, 0.4) is 0 Å². The molecule has 0 bridgehead atoms. The normalized spacial score (nSPS) is 16.2. The van der Waals surface area contributed by atoms with E-state index in [9.17, 15) is 19.2 Å². The summed E-state index contributed by atoms with van der Waals surface area (Å²) in [7, 11) is 1.43. The molecule has 0 atom stereocenters. The van der Waals surface area contributed by atoms with Crippen molar-refractivity contribution >= 4 is 22.8 Å². The van der Waals surface area contributed by atoms with Crippen molar-refractivity contribution in [1.82, 2.24) is 14.1 Å². The number of carbonyl (C=O) groups is 2. The van der Waals surface area contributed by atoms with E-state index in [4.69, 9.17) is 5.11 Å². The summed E-state index contributed by atoms with van der Waals surface area (Å²) in [6, 6.07) is 0. The highest BCUT2D eigenvalue weighted by Gasteiger charge is 2.34. The molecular formula is C16H17N3O5. The van der Waals surface area contributed by atoms with Gasteiger partial charge < -0.3 is 5.11 Å². The molecule has 0 aromatic carbocycles. The second-order valence-electron chi connectivity index (χ2n) is 6.92. The van der Waals surface area contributed by atoms with Gasteiger partial charge in [0.05, 0.1) is 5.39 Å². The Morgan fingerprint density at radius 3 is 2.58 bits per heavy atom. The topological polar surface area (TPSA) is 111 Å². The molecule has 2 heterocycles. The number of aromatic nitrogens is 3. The molecule has 2 aromatic heterocycles. The van der Waals surface area contributed by atoms with E-state index in [1.165, 1.54) is 13.2 Å². The maximum absolute atomic E-state index is 12.8. The summed E-state index contributed by atoms with van der Waals surface area (Å²) < 4.78 is 1.81. The number of fused-ring (bicyclic) bond motifs is 3. The lowest BCUT2D eigenvalue weighted by molar-refractivity contribution is -0.137. The first-order valence-electron chi connectivity index (χ1n) is 7.49. The molecule has 2 aromatic rings. The van der Waals surface area contributed by atoms with Crippen molar-refractivity contribution in [3.63, 3.8) is 0 Å². The van der Waals surface area contributed by atoms with Crippen molar-refractivity contribution in [1.29, 1.82) is 0 Å². The summed E-state index contributed by atoms with van der Waals surface area (Å²) in [6.07, 6.45) is 2.23. The van der Waals surface area contributed by atoms with Crippen molar-refractivity contribution in [3.8, 4) is 0 Å². The fourth-order valence-electron chi connectivity index (χ4n) is 3.28. The van der Waals surface area contributed by atoms with Crippen molar-refractivity contribution in [2.75, 3.05) is 0 Å². The highest BCUT2D eigenvalue weighted by molar-refractivity contribution is 6.02. The third-order valence-corrected chi connectivity index (χ3v) is 4.35. The van der Waals surface area contributed by atoms with Gasteiger partial charge in [0.15, 0.2) is 5.78 Å². The minimum Gasteiger partial charge on any atom is -0.480 e. The number of aliphatic carboxylic acids is 1. The summed E-state index contributed by atoms with van der Waals surface area (Å²) >= 11 is 0. The molecule has 1 N–H and O–H groups in total. The number of carboxylic acids is 1. The number of hydrogen-bond acceptors (Lipinski definition) is 5. The Morgan fingerprint density at radius 2 is 1.96 bits per heavy atom. The van der Waals surface area contributed by atoms with E-state index in [0.29, 0.717) is 28.5 Å². The lowest BCUT2D eigenvalue weighted by Crippen LogP contribution is -2.42. The van der Waals surface area contributed by atoms with E-state index in [0.717, 1.165) is 4.57 Å². The van der Waals surface area contributed by atoms with Gasteiger partial charge in [-0.15, -0.1) is 0 Å². The number of rotatable bonds is 2. The Balaban J connectivity index is 2.47. The van der Waals surface area contributed by atoms with Crippen LogP contribution >= 0.6 is 0 Å². The minimum atomic E-state index is -1.29. The van der Waals surface area contributed by atoms with Crippen LogP contribution in [0.2, 0.25) is 0 Å². The van der Waals surface area contributed by atoms with Crippen LogP contribution in [0, 0.1) is 5.41 Å². The molecule has 0 fully saturated rings. The monoisotopic (exact) mass is 331 g/mol. The third kappa shape index (κ3) is 2.34. The Morgan fingerprint density at radius 1 is 1.29 bits per heavy atom. The number of ketones is 1. The number of carboxylic acid groups (broad SMARTS) is 1. The fraction of sp³-hybridized carbons (Fsp3) is 0.438. The molecule has 0 saturated carbocycles. The number of hydrogen-bond donors (Lipinski definition) is 1. The lowest BCUT2D eigenvalue weighted by Gasteiger charge is -2.30. The van der Waals surface area contributed by atoms with Gasteiger partial charge in [0, 0.05) is 25.2 Å². The molecule has 126 valence electrons. The highest BCUT2D eigenvalue weighted by Crippen LogP contribution is 2.36. The van der Waals surface area contributed by atoms with Crippen LogP contribution in [0.1, 0.15) is 36.2 Å². The highest BCUT2D eigenvalue weighted by atomic mass is 16.4. The Kier molecular flexibility index (Phi) is 3.43. The van der Waals surface area contributed by atoms with Gasteiger partial charge in [0.2, 0.25) is 0 Å². The van der Waals surface area contributed by atoms with Gasteiger partial charge in [0.1, 0.15) is 12.2 Å². The molecule has 8 nitrogen and oxygen atoms in total. The van der Waals surface area contributed by atoms with Crippen LogP contribution in [-0.4, -0.2) is 31.0 Å². The summed E-state index contributed by atoms with van der Waals surface area (Å²) in [4.78, 5) is 52.5. The van der Waals surface area contributed by atoms with Crippen LogP contribution in [0.5, 0.6) is 0 Å². The second kappa shape index (κ2) is 5.12. The lowest BCUT2D eigenvalue weighted by atomic mass is 9.73.